The minimum absolute atomic E-state index is 0.0452. The van der Waals surface area contributed by atoms with Crippen molar-refractivity contribution in [3.63, 3.8) is 0 Å². The maximum atomic E-state index is 12.9. The summed E-state index contributed by atoms with van der Waals surface area (Å²) in [6.07, 6.45) is 0. The lowest BCUT2D eigenvalue weighted by Gasteiger charge is -1.92. The Morgan fingerprint density at radius 1 is 1.00 bits per heavy atom. The first-order chi connectivity index (χ1) is 5.31. The predicted octanol–water partition coefficient (Wildman–Crippen LogP) is 3.24. The average Bonchev–Trinajstić information content (AvgIpc) is 2.55. The van der Waals surface area contributed by atoms with Crippen LogP contribution >= 0.6 is 0 Å². The number of rotatable bonds is 0. The van der Waals surface area contributed by atoms with Gasteiger partial charge in [-0.05, 0) is 11.3 Å². The monoisotopic (exact) mass is 172 g/mol. The Morgan fingerprint density at radius 2 is 1.33 bits per heavy atom. The largest absolute Gasteiger partial charge is 0.276 e. The van der Waals surface area contributed by atoms with Gasteiger partial charge in [0.15, 0.2) is 0 Å². The van der Waals surface area contributed by atoms with Crippen molar-refractivity contribution in [2.75, 3.05) is 0 Å². The molecule has 0 aromatic carbocycles. The zero-order valence-electron chi connectivity index (χ0n) is 7.91. The molecule has 2 rings (SSSR count). The van der Waals surface area contributed by atoms with Crippen LogP contribution in [0.15, 0.2) is 11.1 Å². The normalized spacial score (nSPS) is 47.5. The van der Waals surface area contributed by atoms with Gasteiger partial charge in [-0.1, -0.05) is 33.3 Å². The molecule has 0 aliphatic heterocycles. The van der Waals surface area contributed by atoms with Crippen molar-refractivity contribution < 1.29 is 8.78 Å². The van der Waals surface area contributed by atoms with Gasteiger partial charge in [0.1, 0.15) is 0 Å². The molecule has 2 heteroatoms. The van der Waals surface area contributed by atoms with Gasteiger partial charge < -0.3 is 0 Å². The molecule has 0 heterocycles. The third kappa shape index (κ3) is 0.711. The molecule has 0 aromatic rings. The van der Waals surface area contributed by atoms with E-state index in [9.17, 15) is 8.78 Å². The molecule has 2 unspecified atom stereocenters. The first kappa shape index (κ1) is 8.21. The fourth-order valence-corrected chi connectivity index (χ4v) is 2.17. The second kappa shape index (κ2) is 1.75. The topological polar surface area (TPSA) is 0 Å². The van der Waals surface area contributed by atoms with Crippen LogP contribution in [0.5, 0.6) is 0 Å². The lowest BCUT2D eigenvalue weighted by Crippen LogP contribution is -1.89. The van der Waals surface area contributed by atoms with Gasteiger partial charge in [-0.25, -0.2) is 8.78 Å². The molecule has 2 aliphatic carbocycles. The number of hydrogen-bond donors (Lipinski definition) is 0. The third-order valence-electron chi connectivity index (χ3n) is 3.67. The second-order valence-corrected chi connectivity index (χ2v) is 4.62. The lowest BCUT2D eigenvalue weighted by atomic mass is 10.1. The molecule has 2 aliphatic rings. The Balaban J connectivity index is 2.35. The molecule has 2 fully saturated rings. The van der Waals surface area contributed by atoms with E-state index in [0.29, 0.717) is 11.5 Å². The van der Waals surface area contributed by atoms with Crippen LogP contribution in [-0.4, -0.2) is 5.92 Å². The van der Waals surface area contributed by atoms with Gasteiger partial charge in [-0.2, -0.15) is 0 Å². The van der Waals surface area contributed by atoms with Crippen molar-refractivity contribution in [1.29, 1.82) is 0 Å². The lowest BCUT2D eigenvalue weighted by molar-refractivity contribution is 0.114. The average molecular weight is 172 g/mol. The summed E-state index contributed by atoms with van der Waals surface area (Å²) >= 11 is 0. The Labute approximate surface area is 71.7 Å². The number of hydrogen-bond acceptors (Lipinski definition) is 0. The minimum Gasteiger partial charge on any atom is -0.201 e. The zero-order valence-corrected chi connectivity index (χ0v) is 7.91. The number of halogens is 2. The Kier molecular flexibility index (Phi) is 1.20. The molecule has 12 heavy (non-hydrogen) atoms. The van der Waals surface area contributed by atoms with Crippen molar-refractivity contribution in [3.8, 4) is 0 Å². The molecule has 2 saturated carbocycles. The summed E-state index contributed by atoms with van der Waals surface area (Å²) in [6.45, 7) is 7.73. The highest BCUT2D eigenvalue weighted by atomic mass is 19.3. The van der Waals surface area contributed by atoms with E-state index in [1.54, 1.807) is 6.92 Å². The second-order valence-electron chi connectivity index (χ2n) is 4.62. The fourth-order valence-electron chi connectivity index (χ4n) is 2.17. The molecular formula is C10H14F2. The quantitative estimate of drug-likeness (QED) is 0.492. The summed E-state index contributed by atoms with van der Waals surface area (Å²) in [4.78, 5) is 0. The van der Waals surface area contributed by atoms with Gasteiger partial charge in [0, 0.05) is 5.57 Å². The summed E-state index contributed by atoms with van der Waals surface area (Å²) in [6, 6.07) is 0. The smallest absolute Gasteiger partial charge is 0.201 e. The molecular weight excluding hydrogens is 158 g/mol. The van der Waals surface area contributed by atoms with Crippen molar-refractivity contribution in [2.24, 2.45) is 17.3 Å². The molecule has 0 saturated heterocycles. The molecule has 0 amide bonds. The highest BCUT2D eigenvalue weighted by Crippen LogP contribution is 2.68. The Hall–Kier alpha value is -0.400. The SMILES string of the molecule is CC1C(=C2C(C)C2(F)F)C1(C)C. The van der Waals surface area contributed by atoms with Crippen LogP contribution in [-0.2, 0) is 0 Å². The minimum atomic E-state index is -2.47. The van der Waals surface area contributed by atoms with Gasteiger partial charge in [-0.3, -0.25) is 0 Å². The van der Waals surface area contributed by atoms with Crippen LogP contribution in [0.1, 0.15) is 27.7 Å². The van der Waals surface area contributed by atoms with Crippen molar-refractivity contribution >= 4 is 0 Å². The van der Waals surface area contributed by atoms with Crippen LogP contribution < -0.4 is 0 Å². The van der Waals surface area contributed by atoms with Crippen LogP contribution in [0.25, 0.3) is 0 Å². The zero-order chi connectivity index (χ0) is 9.31. The van der Waals surface area contributed by atoms with Crippen molar-refractivity contribution in [2.45, 2.75) is 33.6 Å². The molecule has 68 valence electrons. The van der Waals surface area contributed by atoms with E-state index in [2.05, 4.69) is 0 Å². The fraction of sp³-hybridized carbons (Fsp3) is 0.800. The summed E-state index contributed by atoms with van der Waals surface area (Å²) in [5.41, 5.74) is 1.49. The highest BCUT2D eigenvalue weighted by molar-refractivity contribution is 5.52. The number of alkyl halides is 2. The third-order valence-corrected chi connectivity index (χ3v) is 3.67. The molecule has 0 N–H and O–H groups in total. The van der Waals surface area contributed by atoms with Crippen LogP contribution in [0.3, 0.4) is 0 Å². The van der Waals surface area contributed by atoms with E-state index >= 15 is 0 Å². The van der Waals surface area contributed by atoms with Gasteiger partial charge in [0.25, 0.3) is 5.92 Å². The molecule has 0 spiro atoms. The maximum Gasteiger partial charge on any atom is 0.276 e. The van der Waals surface area contributed by atoms with E-state index in [1.807, 2.05) is 20.8 Å². The van der Waals surface area contributed by atoms with Gasteiger partial charge in [0.05, 0.1) is 5.92 Å². The van der Waals surface area contributed by atoms with E-state index in [0.717, 1.165) is 5.57 Å². The summed E-state index contributed by atoms with van der Waals surface area (Å²) < 4.78 is 25.9. The molecule has 2 atom stereocenters. The molecule has 0 radical (unpaired) electrons. The highest BCUT2D eigenvalue weighted by Gasteiger charge is 2.67. The van der Waals surface area contributed by atoms with Gasteiger partial charge in [0.2, 0.25) is 0 Å². The first-order valence-corrected chi connectivity index (χ1v) is 4.44. The van der Waals surface area contributed by atoms with E-state index in [4.69, 9.17) is 0 Å². The van der Waals surface area contributed by atoms with Gasteiger partial charge >= 0.3 is 0 Å². The molecule has 0 aromatic heterocycles. The first-order valence-electron chi connectivity index (χ1n) is 4.44. The van der Waals surface area contributed by atoms with Crippen LogP contribution in [0.4, 0.5) is 8.78 Å². The Morgan fingerprint density at radius 3 is 1.42 bits per heavy atom. The maximum absolute atomic E-state index is 12.9. The molecule has 0 bridgehead atoms. The number of allylic oxidation sites excluding steroid dienone is 2. The van der Waals surface area contributed by atoms with Crippen LogP contribution in [0.2, 0.25) is 0 Å². The van der Waals surface area contributed by atoms with E-state index in [-0.39, 0.29) is 5.41 Å². The van der Waals surface area contributed by atoms with E-state index < -0.39 is 11.8 Å². The van der Waals surface area contributed by atoms with E-state index in [1.165, 1.54) is 0 Å². The van der Waals surface area contributed by atoms with Crippen molar-refractivity contribution in [1.82, 2.24) is 0 Å². The van der Waals surface area contributed by atoms with Crippen LogP contribution in [0, 0.1) is 17.3 Å². The summed E-state index contributed by atoms with van der Waals surface area (Å²) in [7, 11) is 0. The predicted molar refractivity (Wildman–Crippen MR) is 44.1 cm³/mol. The van der Waals surface area contributed by atoms with Gasteiger partial charge in [-0.15, -0.1) is 0 Å². The Bertz CT molecular complexity index is 246. The van der Waals surface area contributed by atoms with Crippen molar-refractivity contribution in [3.05, 3.63) is 11.1 Å². The summed E-state index contributed by atoms with van der Waals surface area (Å²) in [5, 5.41) is 0. The standard InChI is InChI=1S/C10H14F2/c1-5-7(9(5,3)4)8-6(2)10(8,11)12/h5-6H,1-4H3. The summed E-state index contributed by atoms with van der Waals surface area (Å²) in [5.74, 6) is -2.60. The molecule has 0 nitrogen and oxygen atoms in total.